The van der Waals surface area contributed by atoms with Crippen molar-refractivity contribution in [2.45, 2.75) is 87.5 Å². The van der Waals surface area contributed by atoms with Gasteiger partial charge in [-0.1, -0.05) is 56.3 Å². The lowest BCUT2D eigenvalue weighted by Crippen LogP contribution is -2.64. The van der Waals surface area contributed by atoms with Crippen LogP contribution in [0.15, 0.2) is 54.6 Å². The molecule has 0 saturated carbocycles. The first kappa shape index (κ1) is 64.2. The molecule has 0 radical (unpaired) electrons. The molecule has 76 heavy (non-hydrogen) atoms. The zero-order valence-electron chi connectivity index (χ0n) is 42.2. The summed E-state index contributed by atoms with van der Waals surface area (Å²) in [6, 6.07) is 1.85. The van der Waals surface area contributed by atoms with Gasteiger partial charge in [-0.3, -0.25) is 47.9 Å². The third kappa shape index (κ3) is 22.3. The number of carboxylic acid groups (broad SMARTS) is 1. The van der Waals surface area contributed by atoms with Crippen LogP contribution in [-0.4, -0.2) is 182 Å². The fourth-order valence-electron chi connectivity index (χ4n) is 6.81. The molecule has 0 heterocycles. The van der Waals surface area contributed by atoms with Crippen molar-refractivity contribution in [1.82, 2.24) is 53.2 Å². The first-order valence-corrected chi connectivity index (χ1v) is 24.0. The Balaban J connectivity index is 2.10. The molecule has 2 aromatic carbocycles. The molecule has 0 aromatic heterocycles. The summed E-state index contributed by atoms with van der Waals surface area (Å²) in [4.78, 5) is 143. The van der Waals surface area contributed by atoms with Gasteiger partial charge in [-0.15, -0.1) is 0 Å². The van der Waals surface area contributed by atoms with Crippen LogP contribution < -0.4 is 93.3 Å². The van der Waals surface area contributed by atoms with Crippen LogP contribution in [0.5, 0.6) is 5.75 Å². The van der Waals surface area contributed by atoms with E-state index < -0.39 is 172 Å². The molecular weight excluding hydrogens is 999 g/mol. The molecule has 0 aliphatic rings. The van der Waals surface area contributed by atoms with Gasteiger partial charge in [-0.25, -0.2) is 4.79 Å². The molecule has 0 fully saturated rings. The van der Waals surface area contributed by atoms with Crippen molar-refractivity contribution in [3.8, 4) is 5.75 Å². The molecule has 26 N–H and O–H groups in total. The summed E-state index contributed by atoms with van der Waals surface area (Å²) in [6.07, 6.45) is 0.0812. The minimum Gasteiger partial charge on any atom is -0.508 e. The van der Waals surface area contributed by atoms with Crippen LogP contribution in [0.2, 0.25) is 0 Å². The van der Waals surface area contributed by atoms with Gasteiger partial charge in [0.05, 0.1) is 19.1 Å². The third-order valence-electron chi connectivity index (χ3n) is 11.1. The zero-order valence-corrected chi connectivity index (χ0v) is 42.2. The highest BCUT2D eigenvalue weighted by molar-refractivity contribution is 5.98. The lowest BCUT2D eigenvalue weighted by molar-refractivity contribution is -0.142. The summed E-state index contributed by atoms with van der Waals surface area (Å²) in [6.45, 7) is -0.743. The molecule has 10 amide bonds. The number of benzene rings is 2. The molecule has 0 aliphatic carbocycles. The lowest BCUT2D eigenvalue weighted by Gasteiger charge is -2.27. The van der Waals surface area contributed by atoms with E-state index in [9.17, 15) is 63.0 Å². The first-order valence-electron chi connectivity index (χ1n) is 24.0. The normalized spacial score (nSPS) is 14.5. The van der Waals surface area contributed by atoms with Crippen molar-refractivity contribution in [1.29, 1.82) is 0 Å². The second-order valence-corrected chi connectivity index (χ2v) is 17.6. The fraction of sp³-hybridized carbons (Fsp3) is 0.500. The van der Waals surface area contributed by atoms with Crippen molar-refractivity contribution in [3.05, 3.63) is 65.7 Å². The molecule has 0 unspecified atom stereocenters. The predicted molar refractivity (Wildman–Crippen MR) is 273 cm³/mol. The molecular formula is C46H73N17O13. The Morgan fingerprint density at radius 3 is 1.17 bits per heavy atom. The number of amides is 10. The van der Waals surface area contributed by atoms with E-state index in [1.54, 1.807) is 56.3 Å². The third-order valence-corrected chi connectivity index (χ3v) is 11.1. The van der Waals surface area contributed by atoms with Gasteiger partial charge in [0.2, 0.25) is 59.1 Å². The number of aromatic hydroxyl groups is 1. The minimum absolute atomic E-state index is 0.0246. The maximum absolute atomic E-state index is 13.9. The first-order chi connectivity index (χ1) is 36.0. The number of aliphatic carboxylic acids is 1. The molecule has 0 spiro atoms. The van der Waals surface area contributed by atoms with Crippen LogP contribution in [0.25, 0.3) is 0 Å². The van der Waals surface area contributed by atoms with Gasteiger partial charge in [0.15, 0.2) is 0 Å². The van der Waals surface area contributed by atoms with E-state index >= 15 is 0 Å². The van der Waals surface area contributed by atoms with E-state index in [-0.39, 0.29) is 30.9 Å². The van der Waals surface area contributed by atoms with E-state index in [1.165, 1.54) is 12.1 Å². The van der Waals surface area contributed by atoms with Crippen LogP contribution >= 0.6 is 0 Å². The monoisotopic (exact) mass is 1070 g/mol. The molecule has 30 nitrogen and oxygen atoms in total. The van der Waals surface area contributed by atoms with Gasteiger partial charge in [0, 0.05) is 45.7 Å². The average Bonchev–Trinajstić information content (AvgIpc) is 3.39. The zero-order chi connectivity index (χ0) is 57.1. The Labute approximate surface area is 437 Å². The lowest BCUT2D eigenvalue weighted by atomic mass is 10.0. The second kappa shape index (κ2) is 33.1. The highest BCUT2D eigenvalue weighted by Gasteiger charge is 2.34. The Bertz CT molecular complexity index is 2290. The number of hydrogen-bond acceptors (Lipinski definition) is 19. The van der Waals surface area contributed by atoms with Crippen LogP contribution in [0, 0.1) is 5.92 Å². The van der Waals surface area contributed by atoms with E-state index in [2.05, 4.69) is 53.2 Å². The van der Waals surface area contributed by atoms with Gasteiger partial charge < -0.3 is 104 Å². The van der Waals surface area contributed by atoms with Gasteiger partial charge in [0.25, 0.3) is 0 Å². The predicted octanol–water partition coefficient (Wildman–Crippen LogP) is -9.50. The summed E-state index contributed by atoms with van der Waals surface area (Å²) in [5.74, 6) is -10.6. The largest absolute Gasteiger partial charge is 0.508 e. The van der Waals surface area contributed by atoms with Crippen LogP contribution in [-0.2, 0) is 65.6 Å². The summed E-state index contributed by atoms with van der Waals surface area (Å²) in [7, 11) is 0. The topological polar surface area (TPSA) is 531 Å². The Kier molecular flexibility index (Phi) is 28.0. The van der Waals surface area contributed by atoms with Gasteiger partial charge in [-0.2, -0.15) is 0 Å². The van der Waals surface area contributed by atoms with Crippen molar-refractivity contribution in [3.63, 3.8) is 0 Å². The van der Waals surface area contributed by atoms with E-state index in [0.29, 0.717) is 11.1 Å². The molecule has 9 atom stereocenters. The van der Waals surface area contributed by atoms with Crippen LogP contribution in [0.3, 0.4) is 0 Å². The molecule has 2 aromatic rings. The van der Waals surface area contributed by atoms with E-state index in [0.717, 1.165) is 0 Å². The number of carbonyl (C=O) groups excluding carboxylic acids is 10. The maximum Gasteiger partial charge on any atom is 0.327 e. The highest BCUT2D eigenvalue weighted by Crippen LogP contribution is 2.11. The van der Waals surface area contributed by atoms with Gasteiger partial charge in [-0.05, 0) is 42.0 Å². The average molecular weight is 1070 g/mol. The summed E-state index contributed by atoms with van der Waals surface area (Å²) >= 11 is 0. The number of phenolic OH excluding ortho intramolecular Hbond substituents is 1. The molecule has 0 bridgehead atoms. The van der Waals surface area contributed by atoms with Crippen LogP contribution in [0.4, 0.5) is 0 Å². The highest BCUT2D eigenvalue weighted by atomic mass is 16.4. The summed E-state index contributed by atoms with van der Waals surface area (Å²) in [5, 5.41) is 42.3. The number of phenols is 1. The van der Waals surface area contributed by atoms with Crippen molar-refractivity contribution < 1.29 is 63.0 Å². The number of hydrogen-bond donors (Lipinski definition) is 19. The number of rotatable bonds is 33. The Hall–Kier alpha value is -7.87. The van der Waals surface area contributed by atoms with E-state index in [4.69, 9.17) is 40.1 Å². The van der Waals surface area contributed by atoms with Gasteiger partial charge >= 0.3 is 5.97 Å². The minimum atomic E-state index is -1.56. The Morgan fingerprint density at radius 2 is 0.776 bits per heavy atom. The van der Waals surface area contributed by atoms with Crippen molar-refractivity contribution >= 4 is 65.0 Å². The van der Waals surface area contributed by atoms with Crippen molar-refractivity contribution in [2.75, 3.05) is 52.4 Å². The molecule has 0 saturated heterocycles. The number of carboxylic acids is 1. The maximum atomic E-state index is 13.9. The summed E-state index contributed by atoms with van der Waals surface area (Å²) < 4.78 is 0. The quantitative estimate of drug-likeness (QED) is 0.0316. The smallest absolute Gasteiger partial charge is 0.327 e. The SMILES string of the molecule is CC(C)C[C@H](NC(=O)[C@H](Cc1ccccc1)NC(=O)CNC(=O)CNC(=O)[C@@H](N)Cc1ccc(O)cc1)C(=O)N[C@@H](CN)C(=O)N[C@@H](CN)C(=O)N[C@@H](CN)C(=O)N[C@@H](CN)C(=O)N[C@@H](CN)C(=O)N[C@@H](CN)C(=O)O. The number of nitrogens with one attached hydrogen (secondary N) is 10. The number of carbonyl (C=O) groups is 11. The molecule has 0 aliphatic heterocycles. The second-order valence-electron chi connectivity index (χ2n) is 17.6. The van der Waals surface area contributed by atoms with Gasteiger partial charge in [0.1, 0.15) is 54.1 Å². The molecule has 2 rings (SSSR count). The fourth-order valence-corrected chi connectivity index (χ4v) is 6.81. The van der Waals surface area contributed by atoms with Crippen LogP contribution in [0.1, 0.15) is 31.4 Å². The van der Waals surface area contributed by atoms with E-state index in [1.807, 2.05) is 0 Å². The Morgan fingerprint density at radius 1 is 0.421 bits per heavy atom. The summed E-state index contributed by atoms with van der Waals surface area (Å²) in [5.41, 5.74) is 41.3. The standard InChI is InChI=1S/C46H73N17O13/c1-23(2)12-28(57-40(69)29(14-24-6-4-3-5-7-24)56-37(66)22-54-36(65)21-55-38(67)27(53)13-25-8-10-26(64)11-9-25)39(68)58-30(15-47)41(70)59-31(16-48)42(71)60-32(17-49)43(72)61-33(18-50)44(73)62-34(19-51)45(74)63-35(20-52)46(75)76/h3-11,23,27-35,64H,12-22,47-53H2,1-2H3,(H,54,65)(H,55,67)(H,56,66)(H,57,69)(H,58,68)(H,59,70)(H,60,71)(H,61,72)(H,62,73)(H,63,74)(H,75,76)/t27-,28-,29-,30-,31-,32-,33-,34-,35-/m0/s1. The molecule has 420 valence electrons. The van der Waals surface area contributed by atoms with Crippen molar-refractivity contribution in [2.24, 2.45) is 46.1 Å². The molecule has 30 heteroatoms. The number of nitrogens with two attached hydrogens (primary N) is 7.